The van der Waals surface area contributed by atoms with Crippen LogP contribution in [0.4, 0.5) is 0 Å². The van der Waals surface area contributed by atoms with Crippen LogP contribution in [0.1, 0.15) is 13.3 Å². The van der Waals surface area contributed by atoms with Gasteiger partial charge in [-0.25, -0.2) is 8.42 Å². The van der Waals surface area contributed by atoms with Gasteiger partial charge in [-0.1, -0.05) is 5.16 Å². The van der Waals surface area contributed by atoms with Crippen molar-refractivity contribution in [2.24, 2.45) is 10.9 Å². The summed E-state index contributed by atoms with van der Waals surface area (Å²) in [7, 11) is -2.86. The van der Waals surface area contributed by atoms with E-state index in [1.54, 1.807) is 0 Å². The minimum absolute atomic E-state index is 0.00948. The second-order valence-corrected chi connectivity index (χ2v) is 6.07. The highest BCUT2D eigenvalue weighted by molar-refractivity contribution is 7.91. The van der Waals surface area contributed by atoms with E-state index in [1.165, 1.54) is 0 Å². The van der Waals surface area contributed by atoms with Crippen LogP contribution in [0.2, 0.25) is 0 Å². The third kappa shape index (κ3) is 3.67. The lowest BCUT2D eigenvalue weighted by molar-refractivity contribution is 0.231. The molecule has 0 aliphatic carbocycles. The normalized spacial score (nSPS) is 27.8. The van der Waals surface area contributed by atoms with Crippen molar-refractivity contribution >= 4 is 15.7 Å². The summed E-state index contributed by atoms with van der Waals surface area (Å²) >= 11 is 0. The molecular weight excluding hydrogens is 218 g/mol. The molecule has 0 spiro atoms. The number of rotatable bonds is 3. The first-order valence-electron chi connectivity index (χ1n) is 4.85. The monoisotopic (exact) mass is 235 g/mol. The molecule has 88 valence electrons. The molecule has 6 nitrogen and oxygen atoms in total. The Labute approximate surface area is 89.7 Å². The van der Waals surface area contributed by atoms with Gasteiger partial charge in [-0.2, -0.15) is 0 Å². The molecule has 1 rings (SSSR count). The molecule has 0 bridgehead atoms. The number of sulfone groups is 1. The van der Waals surface area contributed by atoms with Crippen LogP contribution >= 0.6 is 0 Å². The zero-order chi connectivity index (χ0) is 11.5. The zero-order valence-electron chi connectivity index (χ0n) is 8.76. The minimum Gasteiger partial charge on any atom is -0.409 e. The lowest BCUT2D eigenvalue weighted by Gasteiger charge is -2.32. The highest BCUT2D eigenvalue weighted by Gasteiger charge is 2.27. The molecule has 0 amide bonds. The number of amidine groups is 1. The first-order chi connectivity index (χ1) is 6.94. The van der Waals surface area contributed by atoms with Crippen molar-refractivity contribution < 1.29 is 13.6 Å². The van der Waals surface area contributed by atoms with E-state index in [0.717, 1.165) is 0 Å². The van der Waals surface area contributed by atoms with Gasteiger partial charge in [0, 0.05) is 25.6 Å². The number of oxime groups is 1. The highest BCUT2D eigenvalue weighted by atomic mass is 32.2. The van der Waals surface area contributed by atoms with Gasteiger partial charge >= 0.3 is 0 Å². The summed E-state index contributed by atoms with van der Waals surface area (Å²) in [4.78, 5) is 2.04. The first kappa shape index (κ1) is 12.3. The topological polar surface area (TPSA) is 96.0 Å². The molecular formula is C8H17N3O3S. The average molecular weight is 235 g/mol. The van der Waals surface area contributed by atoms with Crippen LogP contribution in [0.3, 0.4) is 0 Å². The van der Waals surface area contributed by atoms with E-state index in [0.29, 0.717) is 19.5 Å². The minimum atomic E-state index is -2.86. The largest absolute Gasteiger partial charge is 0.409 e. The standard InChI is InChI=1S/C8H17N3O3S/c1-7-6-15(13,14)5-4-11(7)3-2-8(9)10-12/h7,12H,2-6H2,1H3,(H2,9,10). The summed E-state index contributed by atoms with van der Waals surface area (Å²) in [6.45, 7) is 3.04. The molecule has 7 heteroatoms. The van der Waals surface area contributed by atoms with Gasteiger partial charge in [0.05, 0.1) is 11.5 Å². The summed E-state index contributed by atoms with van der Waals surface area (Å²) in [6, 6.07) is 0.00948. The lowest BCUT2D eigenvalue weighted by atomic mass is 10.2. The lowest BCUT2D eigenvalue weighted by Crippen LogP contribution is -2.47. The Kier molecular flexibility index (Phi) is 3.92. The fraction of sp³-hybridized carbons (Fsp3) is 0.875. The van der Waals surface area contributed by atoms with Gasteiger partial charge in [0.2, 0.25) is 0 Å². The maximum absolute atomic E-state index is 11.3. The fourth-order valence-electron chi connectivity index (χ4n) is 1.67. The average Bonchev–Trinajstić information content (AvgIpc) is 2.15. The Hall–Kier alpha value is -0.820. The van der Waals surface area contributed by atoms with Gasteiger partial charge in [0.1, 0.15) is 5.84 Å². The summed E-state index contributed by atoms with van der Waals surface area (Å²) in [5, 5.41) is 11.2. The molecule has 1 fully saturated rings. The number of hydrogen-bond donors (Lipinski definition) is 2. The summed E-state index contributed by atoms with van der Waals surface area (Å²) in [6.07, 6.45) is 0.459. The van der Waals surface area contributed by atoms with Crippen LogP contribution in [0.15, 0.2) is 5.16 Å². The molecule has 15 heavy (non-hydrogen) atoms. The van der Waals surface area contributed by atoms with Crippen molar-refractivity contribution in [2.75, 3.05) is 24.6 Å². The van der Waals surface area contributed by atoms with E-state index in [9.17, 15) is 8.42 Å². The third-order valence-corrected chi connectivity index (χ3v) is 4.39. The Morgan fingerprint density at radius 2 is 2.33 bits per heavy atom. The molecule has 0 radical (unpaired) electrons. The number of nitrogens with zero attached hydrogens (tertiary/aromatic N) is 2. The van der Waals surface area contributed by atoms with Gasteiger partial charge < -0.3 is 10.9 Å². The van der Waals surface area contributed by atoms with E-state index in [2.05, 4.69) is 5.16 Å². The molecule has 1 unspecified atom stereocenters. The molecule has 0 aromatic carbocycles. The fourth-order valence-corrected chi connectivity index (χ4v) is 3.30. The molecule has 3 N–H and O–H groups in total. The van der Waals surface area contributed by atoms with Crippen molar-refractivity contribution in [3.8, 4) is 0 Å². The van der Waals surface area contributed by atoms with Gasteiger partial charge in [-0.05, 0) is 6.92 Å². The van der Waals surface area contributed by atoms with E-state index >= 15 is 0 Å². The van der Waals surface area contributed by atoms with Gasteiger partial charge in [0.25, 0.3) is 0 Å². The van der Waals surface area contributed by atoms with Crippen LogP contribution in [-0.4, -0.2) is 55.0 Å². The van der Waals surface area contributed by atoms with Gasteiger partial charge in [-0.3, -0.25) is 4.90 Å². The van der Waals surface area contributed by atoms with Crippen LogP contribution in [0.5, 0.6) is 0 Å². The predicted octanol–water partition coefficient (Wildman–Crippen LogP) is -0.758. The second kappa shape index (κ2) is 4.80. The summed E-state index contributed by atoms with van der Waals surface area (Å²) in [5.74, 6) is 0.576. The van der Waals surface area contributed by atoms with Crippen molar-refractivity contribution in [2.45, 2.75) is 19.4 Å². The molecule has 0 aromatic heterocycles. The molecule has 0 saturated carbocycles. The molecule has 1 heterocycles. The van der Waals surface area contributed by atoms with Crippen molar-refractivity contribution in [3.63, 3.8) is 0 Å². The molecule has 0 aromatic rings. The van der Waals surface area contributed by atoms with E-state index < -0.39 is 9.84 Å². The summed E-state index contributed by atoms with van der Waals surface area (Å²) in [5.41, 5.74) is 5.34. The van der Waals surface area contributed by atoms with E-state index in [-0.39, 0.29) is 23.4 Å². The quantitative estimate of drug-likeness (QED) is 0.290. The molecule has 1 saturated heterocycles. The predicted molar refractivity (Wildman–Crippen MR) is 57.7 cm³/mol. The first-order valence-corrected chi connectivity index (χ1v) is 6.67. The smallest absolute Gasteiger partial charge is 0.153 e. The Bertz CT molecular complexity index is 339. The van der Waals surface area contributed by atoms with Crippen LogP contribution in [0, 0.1) is 0 Å². The van der Waals surface area contributed by atoms with Crippen LogP contribution in [-0.2, 0) is 9.84 Å². The molecule has 1 atom stereocenters. The zero-order valence-corrected chi connectivity index (χ0v) is 9.57. The summed E-state index contributed by atoms with van der Waals surface area (Å²) < 4.78 is 22.6. The number of hydrogen-bond acceptors (Lipinski definition) is 5. The Balaban J connectivity index is 2.45. The van der Waals surface area contributed by atoms with Crippen molar-refractivity contribution in [1.82, 2.24) is 4.90 Å². The van der Waals surface area contributed by atoms with Gasteiger partial charge in [-0.15, -0.1) is 0 Å². The van der Waals surface area contributed by atoms with Crippen LogP contribution < -0.4 is 5.73 Å². The van der Waals surface area contributed by atoms with E-state index in [1.807, 2.05) is 11.8 Å². The number of nitrogens with two attached hydrogens (primary N) is 1. The second-order valence-electron chi connectivity index (χ2n) is 3.84. The Morgan fingerprint density at radius 1 is 1.67 bits per heavy atom. The van der Waals surface area contributed by atoms with Crippen LogP contribution in [0.25, 0.3) is 0 Å². The maximum Gasteiger partial charge on any atom is 0.153 e. The molecule has 1 aliphatic rings. The van der Waals surface area contributed by atoms with Crippen molar-refractivity contribution in [1.29, 1.82) is 0 Å². The Morgan fingerprint density at radius 3 is 2.87 bits per heavy atom. The van der Waals surface area contributed by atoms with Crippen molar-refractivity contribution in [3.05, 3.63) is 0 Å². The maximum atomic E-state index is 11.3. The SMILES string of the molecule is CC1CS(=O)(=O)CCN1CCC(N)=NO. The van der Waals surface area contributed by atoms with E-state index in [4.69, 9.17) is 10.9 Å². The molecule has 1 aliphatic heterocycles. The van der Waals surface area contributed by atoms with Gasteiger partial charge in [0.15, 0.2) is 9.84 Å². The third-order valence-electron chi connectivity index (χ3n) is 2.59. The highest BCUT2D eigenvalue weighted by Crippen LogP contribution is 2.11.